The maximum Gasteiger partial charge on any atom is 0.314 e. The minimum absolute atomic E-state index is 0.0872. The molecular formula is C42H42N4O4. The van der Waals surface area contributed by atoms with Gasteiger partial charge in [0.1, 0.15) is 29.3 Å². The molecule has 6 aliphatic rings. The molecule has 0 atom stereocenters. The highest BCUT2D eigenvalue weighted by molar-refractivity contribution is 5.99. The maximum absolute atomic E-state index is 14.2. The lowest BCUT2D eigenvalue weighted by molar-refractivity contribution is -0.141. The zero-order valence-electron chi connectivity index (χ0n) is 29.2. The summed E-state index contributed by atoms with van der Waals surface area (Å²) < 4.78 is 13.4. The number of esters is 2. The van der Waals surface area contributed by atoms with Crippen molar-refractivity contribution in [1.82, 2.24) is 0 Å². The van der Waals surface area contributed by atoms with Gasteiger partial charge in [0.2, 0.25) is 0 Å². The van der Waals surface area contributed by atoms with Crippen LogP contribution in [0.25, 0.3) is 0 Å². The molecule has 8 heteroatoms. The number of benzene rings is 3. The summed E-state index contributed by atoms with van der Waals surface area (Å²) in [5.41, 5.74) is 7.14. The largest absolute Gasteiger partial charge is 0.424 e. The van der Waals surface area contributed by atoms with Gasteiger partial charge in [-0.3, -0.25) is 9.59 Å². The van der Waals surface area contributed by atoms with E-state index in [2.05, 4.69) is 50.3 Å². The van der Waals surface area contributed by atoms with E-state index in [9.17, 15) is 20.1 Å². The summed E-state index contributed by atoms with van der Waals surface area (Å²) in [6, 6.07) is 20.9. The molecule has 254 valence electrons. The number of anilines is 2. The molecule has 8 nitrogen and oxygen atoms in total. The van der Waals surface area contributed by atoms with E-state index in [1.807, 2.05) is 24.3 Å². The van der Waals surface area contributed by atoms with E-state index >= 15 is 0 Å². The van der Waals surface area contributed by atoms with Crippen molar-refractivity contribution in [2.75, 3.05) is 23.9 Å². The van der Waals surface area contributed by atoms with E-state index in [0.29, 0.717) is 40.5 Å². The number of allylic oxidation sites excluding steroid dienone is 1. The van der Waals surface area contributed by atoms with Gasteiger partial charge in [-0.1, -0.05) is 62.4 Å². The van der Waals surface area contributed by atoms with Gasteiger partial charge >= 0.3 is 11.9 Å². The van der Waals surface area contributed by atoms with Crippen LogP contribution in [0.2, 0.25) is 0 Å². The van der Waals surface area contributed by atoms with Crippen LogP contribution < -0.4 is 19.3 Å². The minimum atomic E-state index is -0.284. The Labute approximate surface area is 293 Å². The third-order valence-corrected chi connectivity index (χ3v) is 12.1. The minimum Gasteiger partial charge on any atom is -0.424 e. The zero-order chi connectivity index (χ0) is 34.8. The van der Waals surface area contributed by atoms with E-state index in [-0.39, 0.29) is 41.2 Å². The second-order valence-electron chi connectivity index (χ2n) is 15.1. The number of fused-ring (bicyclic) bond motifs is 1. The van der Waals surface area contributed by atoms with Gasteiger partial charge in [-0.05, 0) is 85.5 Å². The van der Waals surface area contributed by atoms with Gasteiger partial charge in [-0.25, -0.2) is 0 Å². The number of hydrogen-bond acceptors (Lipinski definition) is 8. The second-order valence-corrected chi connectivity index (χ2v) is 15.1. The Morgan fingerprint density at radius 3 is 1.28 bits per heavy atom. The molecule has 2 saturated carbocycles. The number of rotatable bonds is 4. The van der Waals surface area contributed by atoms with Crippen LogP contribution in [-0.4, -0.2) is 26.0 Å². The van der Waals surface area contributed by atoms with E-state index in [0.717, 1.165) is 84.7 Å². The highest BCUT2D eigenvalue weighted by atomic mass is 16.5. The van der Waals surface area contributed by atoms with Crippen molar-refractivity contribution < 1.29 is 19.1 Å². The Morgan fingerprint density at radius 2 is 0.960 bits per heavy atom. The van der Waals surface area contributed by atoms with E-state index in [1.165, 1.54) is 0 Å². The lowest BCUT2D eigenvalue weighted by atomic mass is 9.60. The predicted molar refractivity (Wildman–Crippen MR) is 190 cm³/mol. The average Bonchev–Trinajstić information content (AvgIpc) is 3.39. The van der Waals surface area contributed by atoms with E-state index < -0.39 is 0 Å². The number of carbonyl (C=O) groups excluding carboxylic acids is 2. The molecule has 0 saturated heterocycles. The molecule has 0 amide bonds. The first kappa shape index (κ1) is 32.1. The lowest BCUT2D eigenvalue weighted by Crippen LogP contribution is -2.32. The molecule has 9 rings (SSSR count). The topological polar surface area (TPSA) is 107 Å². The molecule has 0 N–H and O–H groups in total. The average molecular weight is 667 g/mol. The normalized spacial score (nSPS) is 25.8. The van der Waals surface area contributed by atoms with Crippen molar-refractivity contribution in [3.63, 3.8) is 0 Å². The van der Waals surface area contributed by atoms with Crippen molar-refractivity contribution in [2.45, 2.75) is 77.0 Å². The molecule has 2 fully saturated rings. The van der Waals surface area contributed by atoms with Crippen molar-refractivity contribution >= 4 is 23.3 Å². The van der Waals surface area contributed by atoms with Gasteiger partial charge in [0.05, 0.1) is 11.8 Å². The quantitative estimate of drug-likeness (QED) is 0.107. The first-order chi connectivity index (χ1) is 24.2. The molecule has 0 aromatic heterocycles. The van der Waals surface area contributed by atoms with Gasteiger partial charge < -0.3 is 19.3 Å². The molecule has 0 radical (unpaired) electrons. The van der Waals surface area contributed by atoms with Crippen LogP contribution in [0.4, 0.5) is 11.4 Å². The summed E-state index contributed by atoms with van der Waals surface area (Å²) in [5, 5.41) is 20.2. The molecule has 0 spiro atoms. The van der Waals surface area contributed by atoms with Crippen LogP contribution in [0.5, 0.6) is 11.5 Å². The number of hydrogen-bond donors (Lipinski definition) is 0. The number of carbonyl (C=O) groups is 2. The molecule has 3 aromatic carbocycles. The molecule has 3 aromatic rings. The van der Waals surface area contributed by atoms with Gasteiger partial charge in [0.25, 0.3) is 0 Å². The van der Waals surface area contributed by atoms with Crippen molar-refractivity contribution in [1.29, 1.82) is 10.5 Å². The van der Waals surface area contributed by atoms with Crippen LogP contribution in [0.15, 0.2) is 59.9 Å². The fraction of sp³-hybridized carbons (Fsp3) is 0.429. The highest BCUT2D eigenvalue weighted by Crippen LogP contribution is 2.66. The van der Waals surface area contributed by atoms with Crippen LogP contribution >= 0.6 is 0 Å². The summed E-state index contributed by atoms with van der Waals surface area (Å²) in [7, 11) is 3.57. The van der Waals surface area contributed by atoms with Crippen LogP contribution in [0.3, 0.4) is 0 Å². The fourth-order valence-corrected chi connectivity index (χ4v) is 9.40. The third kappa shape index (κ3) is 4.83. The Kier molecular flexibility index (Phi) is 7.94. The summed E-state index contributed by atoms with van der Waals surface area (Å²) in [6.07, 6.45) is 6.97. The molecule has 1 heterocycles. The SMILES string of the molecule is CC1CCC(C(=O)Oc2c3c(c(OC(=O)C4CCC(C)CC4)c4c2N(C)C(=C(C#N)C#N)N4C)C2c4ccccc4C3c3ccccc32)CC1. The summed E-state index contributed by atoms with van der Waals surface area (Å²) >= 11 is 0. The maximum atomic E-state index is 14.2. The molecule has 2 bridgehead atoms. The van der Waals surface area contributed by atoms with Crippen LogP contribution in [0, 0.1) is 46.3 Å². The monoisotopic (exact) mass is 666 g/mol. The van der Waals surface area contributed by atoms with Gasteiger partial charge in [0.15, 0.2) is 17.1 Å². The molecular weight excluding hydrogens is 624 g/mol. The fourth-order valence-electron chi connectivity index (χ4n) is 9.40. The number of nitrogens with zero attached hydrogens (tertiary/aromatic N) is 4. The molecule has 0 unspecified atom stereocenters. The van der Waals surface area contributed by atoms with Gasteiger partial charge in [0, 0.05) is 37.1 Å². The smallest absolute Gasteiger partial charge is 0.314 e. The Morgan fingerprint density at radius 1 is 0.620 bits per heavy atom. The van der Waals surface area contributed by atoms with Gasteiger partial charge in [-0.15, -0.1) is 0 Å². The highest BCUT2D eigenvalue weighted by Gasteiger charge is 2.50. The standard InChI is InChI=1S/C42H42N4O4/c1-23-13-17-25(18-14-23)41(47)49-38-34-32-28-9-5-7-11-30(28)33(31-12-8-6-10-29(31)32)35(34)39(50-42(48)26-19-15-24(2)16-20-26)37-36(38)45(3)40(46(37)4)27(21-43)22-44/h5-12,23-26,32-33H,13-20H2,1-4H3. The Bertz CT molecular complexity index is 1850. The summed E-state index contributed by atoms with van der Waals surface area (Å²) in [6.45, 7) is 4.45. The van der Waals surface area contributed by atoms with Crippen LogP contribution in [0.1, 0.15) is 110 Å². The Hall–Kier alpha value is -5.08. The lowest BCUT2D eigenvalue weighted by Gasteiger charge is -2.44. The van der Waals surface area contributed by atoms with Gasteiger partial charge in [-0.2, -0.15) is 10.5 Å². The van der Waals surface area contributed by atoms with Crippen molar-refractivity contribution in [3.8, 4) is 23.6 Å². The summed E-state index contributed by atoms with van der Waals surface area (Å²) in [4.78, 5) is 32.0. The predicted octanol–water partition coefficient (Wildman–Crippen LogP) is 8.28. The van der Waals surface area contributed by atoms with E-state index in [1.54, 1.807) is 23.9 Å². The van der Waals surface area contributed by atoms with Crippen LogP contribution in [-0.2, 0) is 9.59 Å². The van der Waals surface area contributed by atoms with Crippen molar-refractivity contribution in [2.24, 2.45) is 23.7 Å². The summed E-state index contributed by atoms with van der Waals surface area (Å²) in [5.74, 6) is 0.789. The second kappa shape index (κ2) is 12.4. The third-order valence-electron chi connectivity index (χ3n) is 12.1. The Balaban J connectivity index is 1.41. The number of nitriles is 2. The first-order valence-corrected chi connectivity index (χ1v) is 18.1. The first-order valence-electron chi connectivity index (χ1n) is 18.1. The molecule has 1 aliphatic heterocycles. The number of ether oxygens (including phenoxy) is 2. The zero-order valence-corrected chi connectivity index (χ0v) is 29.2. The molecule has 50 heavy (non-hydrogen) atoms. The van der Waals surface area contributed by atoms with Crippen molar-refractivity contribution in [3.05, 3.63) is 93.3 Å². The van der Waals surface area contributed by atoms with E-state index in [4.69, 9.17) is 9.47 Å². The molecule has 5 aliphatic carbocycles.